The number of halogens is 2. The van der Waals surface area contributed by atoms with Gasteiger partial charge in [0.25, 0.3) is 0 Å². The van der Waals surface area contributed by atoms with Crippen LogP contribution in [0.2, 0.25) is 0 Å². The fourth-order valence-electron chi connectivity index (χ4n) is 2.20. The summed E-state index contributed by atoms with van der Waals surface area (Å²) in [5.41, 5.74) is -0.0494. The second-order valence-corrected chi connectivity index (χ2v) is 8.08. The molecule has 0 aliphatic carbocycles. The zero-order valence-electron chi connectivity index (χ0n) is 11.2. The third-order valence-electron chi connectivity index (χ3n) is 3.70. The van der Waals surface area contributed by atoms with Crippen LogP contribution in [-0.2, 0) is 10.0 Å². The Hall–Kier alpha value is -0.500. The fourth-order valence-corrected chi connectivity index (χ4v) is 3.66. The molecular formula is C13H18BrFN2O2S. The zero-order valence-corrected chi connectivity index (χ0v) is 13.7. The van der Waals surface area contributed by atoms with Crippen LogP contribution >= 0.6 is 15.9 Å². The van der Waals surface area contributed by atoms with E-state index in [1.807, 2.05) is 0 Å². The number of piperidine rings is 1. The minimum atomic E-state index is -3.67. The molecule has 1 aliphatic rings. The molecule has 0 atom stereocenters. The van der Waals surface area contributed by atoms with Crippen LogP contribution in [0, 0.1) is 11.2 Å². The van der Waals surface area contributed by atoms with Crippen molar-refractivity contribution >= 4 is 26.0 Å². The van der Waals surface area contributed by atoms with Crippen LogP contribution in [0.25, 0.3) is 0 Å². The lowest BCUT2D eigenvalue weighted by molar-refractivity contribution is 0.232. The van der Waals surface area contributed by atoms with Gasteiger partial charge in [-0.05, 0) is 65.5 Å². The summed E-state index contributed by atoms with van der Waals surface area (Å²) >= 11 is 3.01. The molecule has 1 saturated heterocycles. The molecular weight excluding hydrogens is 347 g/mol. The minimum absolute atomic E-state index is 0.0456. The second kappa shape index (κ2) is 6.09. The number of nitrogens with one attached hydrogen (secondary N) is 2. The topological polar surface area (TPSA) is 58.2 Å². The Kier molecular flexibility index (Phi) is 4.84. The highest BCUT2D eigenvalue weighted by Crippen LogP contribution is 2.27. The molecule has 0 spiro atoms. The molecule has 0 bridgehead atoms. The van der Waals surface area contributed by atoms with Gasteiger partial charge in [0.15, 0.2) is 0 Å². The first kappa shape index (κ1) is 15.9. The van der Waals surface area contributed by atoms with Crippen LogP contribution in [-0.4, -0.2) is 28.1 Å². The number of benzene rings is 1. The third-order valence-corrected chi connectivity index (χ3v) is 5.74. The molecule has 7 heteroatoms. The van der Waals surface area contributed by atoms with E-state index in [4.69, 9.17) is 0 Å². The number of hydrogen-bond donors (Lipinski definition) is 2. The summed E-state index contributed by atoms with van der Waals surface area (Å²) in [5.74, 6) is -0.582. The van der Waals surface area contributed by atoms with Crippen LogP contribution in [0.4, 0.5) is 4.39 Å². The number of rotatable bonds is 4. The molecule has 1 fully saturated rings. The normalized spacial score (nSPS) is 18.9. The second-order valence-electron chi connectivity index (χ2n) is 5.46. The highest BCUT2D eigenvalue weighted by atomic mass is 79.9. The van der Waals surface area contributed by atoms with Crippen LogP contribution < -0.4 is 10.0 Å². The summed E-state index contributed by atoms with van der Waals surface area (Å²) in [7, 11) is -3.67. The maximum atomic E-state index is 13.4. The molecule has 0 aromatic heterocycles. The first-order valence-corrected chi connectivity index (χ1v) is 8.76. The van der Waals surface area contributed by atoms with Crippen molar-refractivity contribution in [3.8, 4) is 0 Å². The molecule has 4 nitrogen and oxygen atoms in total. The Bertz CT molecular complexity index is 586. The Labute approximate surface area is 127 Å². The predicted molar refractivity (Wildman–Crippen MR) is 79.5 cm³/mol. The van der Waals surface area contributed by atoms with Crippen molar-refractivity contribution in [3.63, 3.8) is 0 Å². The average Bonchev–Trinajstić information content (AvgIpc) is 2.41. The van der Waals surface area contributed by atoms with Crippen LogP contribution in [0.3, 0.4) is 0 Å². The quantitative estimate of drug-likeness (QED) is 0.861. The molecule has 2 N–H and O–H groups in total. The first-order valence-electron chi connectivity index (χ1n) is 6.48. The molecule has 0 radical (unpaired) electrons. The summed E-state index contributed by atoms with van der Waals surface area (Å²) in [6.07, 6.45) is 1.84. The monoisotopic (exact) mass is 364 g/mol. The van der Waals surface area contributed by atoms with E-state index in [1.54, 1.807) is 0 Å². The Morgan fingerprint density at radius 1 is 1.40 bits per heavy atom. The van der Waals surface area contributed by atoms with Crippen molar-refractivity contribution in [1.82, 2.24) is 10.0 Å². The highest BCUT2D eigenvalue weighted by Gasteiger charge is 2.28. The van der Waals surface area contributed by atoms with E-state index in [2.05, 4.69) is 32.9 Å². The van der Waals surface area contributed by atoms with Gasteiger partial charge in [-0.3, -0.25) is 0 Å². The van der Waals surface area contributed by atoms with Crippen molar-refractivity contribution in [1.29, 1.82) is 0 Å². The molecule has 20 heavy (non-hydrogen) atoms. The lowest BCUT2D eigenvalue weighted by atomic mass is 9.81. The summed E-state index contributed by atoms with van der Waals surface area (Å²) in [5, 5.41) is 3.25. The Balaban J connectivity index is 2.09. The molecule has 0 unspecified atom stereocenters. The molecule has 1 aromatic carbocycles. The van der Waals surface area contributed by atoms with Gasteiger partial charge in [0.05, 0.1) is 9.37 Å². The van der Waals surface area contributed by atoms with Crippen molar-refractivity contribution in [3.05, 3.63) is 28.5 Å². The highest BCUT2D eigenvalue weighted by molar-refractivity contribution is 9.10. The van der Waals surface area contributed by atoms with Crippen molar-refractivity contribution in [2.45, 2.75) is 24.7 Å². The Morgan fingerprint density at radius 3 is 2.65 bits per heavy atom. The van der Waals surface area contributed by atoms with Crippen molar-refractivity contribution in [2.24, 2.45) is 5.41 Å². The summed E-state index contributed by atoms with van der Waals surface area (Å²) in [6.45, 7) is 4.23. The smallest absolute Gasteiger partial charge is 0.240 e. The number of sulfonamides is 1. The summed E-state index contributed by atoms with van der Waals surface area (Å²) < 4.78 is 40.6. The predicted octanol–water partition coefficient (Wildman–Crippen LogP) is 2.26. The van der Waals surface area contributed by atoms with Gasteiger partial charge >= 0.3 is 0 Å². The molecule has 0 amide bonds. The van der Waals surface area contributed by atoms with E-state index in [-0.39, 0.29) is 14.8 Å². The van der Waals surface area contributed by atoms with E-state index in [9.17, 15) is 12.8 Å². The molecule has 2 rings (SSSR count). The summed E-state index contributed by atoms with van der Waals surface area (Å²) in [4.78, 5) is -0.0456. The SMILES string of the molecule is CC1(CNS(=O)(=O)c2ccc(Br)c(F)c2)CCNCC1. The van der Waals surface area contributed by atoms with E-state index in [0.29, 0.717) is 6.54 Å². The summed E-state index contributed by atoms with van der Waals surface area (Å²) in [6, 6.07) is 3.81. The molecule has 1 heterocycles. The maximum Gasteiger partial charge on any atom is 0.240 e. The van der Waals surface area contributed by atoms with Gasteiger partial charge in [0, 0.05) is 6.54 Å². The van der Waals surface area contributed by atoms with Crippen LogP contribution in [0.5, 0.6) is 0 Å². The van der Waals surface area contributed by atoms with E-state index < -0.39 is 15.8 Å². The van der Waals surface area contributed by atoms with Gasteiger partial charge in [-0.15, -0.1) is 0 Å². The largest absolute Gasteiger partial charge is 0.317 e. The van der Waals surface area contributed by atoms with Crippen molar-refractivity contribution in [2.75, 3.05) is 19.6 Å². The van der Waals surface area contributed by atoms with Gasteiger partial charge in [-0.25, -0.2) is 17.5 Å². The molecule has 0 saturated carbocycles. The average molecular weight is 365 g/mol. The number of hydrogen-bond acceptors (Lipinski definition) is 3. The van der Waals surface area contributed by atoms with Gasteiger partial charge in [0.2, 0.25) is 10.0 Å². The van der Waals surface area contributed by atoms with Gasteiger partial charge in [-0.2, -0.15) is 0 Å². The molecule has 1 aromatic rings. The minimum Gasteiger partial charge on any atom is -0.317 e. The first-order chi connectivity index (χ1) is 9.32. The van der Waals surface area contributed by atoms with Gasteiger partial charge in [0.1, 0.15) is 5.82 Å². The Morgan fingerprint density at radius 2 is 2.05 bits per heavy atom. The van der Waals surface area contributed by atoms with Gasteiger partial charge < -0.3 is 5.32 Å². The maximum absolute atomic E-state index is 13.4. The van der Waals surface area contributed by atoms with Crippen LogP contribution in [0.1, 0.15) is 19.8 Å². The van der Waals surface area contributed by atoms with Crippen molar-refractivity contribution < 1.29 is 12.8 Å². The van der Waals surface area contributed by atoms with E-state index in [0.717, 1.165) is 32.0 Å². The zero-order chi connectivity index (χ0) is 14.8. The van der Waals surface area contributed by atoms with E-state index >= 15 is 0 Å². The fraction of sp³-hybridized carbons (Fsp3) is 0.538. The molecule has 112 valence electrons. The third kappa shape index (κ3) is 3.78. The standard InChI is InChI=1S/C13H18BrFN2O2S/c1-13(4-6-16-7-5-13)9-17-20(18,19)10-2-3-11(14)12(15)8-10/h2-3,8,16-17H,4-7,9H2,1H3. The lowest BCUT2D eigenvalue weighted by Crippen LogP contribution is -2.42. The van der Waals surface area contributed by atoms with E-state index in [1.165, 1.54) is 12.1 Å². The van der Waals surface area contributed by atoms with Gasteiger partial charge in [-0.1, -0.05) is 6.92 Å². The lowest BCUT2D eigenvalue weighted by Gasteiger charge is -2.34. The van der Waals surface area contributed by atoms with Crippen LogP contribution in [0.15, 0.2) is 27.6 Å². The molecule has 1 aliphatic heterocycles.